The maximum atomic E-state index is 11.6. The molecular weight excluding hydrogens is 288 g/mol. The van der Waals surface area contributed by atoms with Crippen molar-refractivity contribution in [3.05, 3.63) is 29.3 Å². The Morgan fingerprint density at radius 3 is 2.48 bits per heavy atom. The maximum absolute atomic E-state index is 11.6. The topological polar surface area (TPSA) is 50.4 Å². The van der Waals surface area contributed by atoms with Crippen LogP contribution >= 0.6 is 12.4 Å². The number of aryl methyl sites for hydroxylation is 1. The third-order valence-corrected chi connectivity index (χ3v) is 3.33. The summed E-state index contributed by atoms with van der Waals surface area (Å²) in [5.41, 5.74) is 2.51. The van der Waals surface area contributed by atoms with Gasteiger partial charge in [-0.15, -0.1) is 12.4 Å². The molecule has 0 radical (unpaired) electrons. The van der Waals surface area contributed by atoms with Crippen LogP contribution in [0.15, 0.2) is 18.2 Å². The lowest BCUT2D eigenvalue weighted by molar-refractivity contribution is -0.123. The van der Waals surface area contributed by atoms with Gasteiger partial charge in [0, 0.05) is 12.6 Å². The summed E-state index contributed by atoms with van der Waals surface area (Å²) in [5, 5.41) is 5.88. The predicted molar refractivity (Wildman–Crippen MR) is 89.5 cm³/mol. The third kappa shape index (κ3) is 6.82. The molecule has 4 nitrogen and oxygen atoms in total. The minimum Gasteiger partial charge on any atom is -0.484 e. The van der Waals surface area contributed by atoms with Crippen molar-refractivity contribution in [1.82, 2.24) is 10.6 Å². The van der Waals surface area contributed by atoms with Gasteiger partial charge >= 0.3 is 0 Å². The molecule has 0 spiro atoms. The highest BCUT2D eigenvalue weighted by Crippen LogP contribution is 2.23. The summed E-state index contributed by atoms with van der Waals surface area (Å²) < 4.78 is 5.52. The summed E-state index contributed by atoms with van der Waals surface area (Å²) in [5.74, 6) is 1.14. The van der Waals surface area contributed by atoms with Gasteiger partial charge in [0.25, 0.3) is 5.91 Å². The lowest BCUT2D eigenvalue weighted by atomic mass is 9.98. The first-order valence-corrected chi connectivity index (χ1v) is 7.11. The van der Waals surface area contributed by atoms with Crippen LogP contribution in [0.25, 0.3) is 0 Å². The van der Waals surface area contributed by atoms with Crippen molar-refractivity contribution in [3.8, 4) is 5.75 Å². The normalized spacial score (nSPS) is 11.7. The highest BCUT2D eigenvalue weighted by Gasteiger charge is 2.07. The molecule has 1 aromatic rings. The number of benzene rings is 1. The van der Waals surface area contributed by atoms with E-state index in [1.54, 1.807) is 0 Å². The zero-order valence-corrected chi connectivity index (χ0v) is 14.3. The monoisotopic (exact) mass is 314 g/mol. The van der Waals surface area contributed by atoms with Gasteiger partial charge in [-0.05, 0) is 50.1 Å². The summed E-state index contributed by atoms with van der Waals surface area (Å²) >= 11 is 0. The summed E-state index contributed by atoms with van der Waals surface area (Å²) in [6, 6.07) is 6.23. The van der Waals surface area contributed by atoms with Crippen molar-refractivity contribution in [2.45, 2.75) is 39.7 Å². The molecule has 0 saturated carbocycles. The molecule has 2 N–H and O–H groups in total. The number of carbonyl (C=O) groups excluding carboxylic acids is 1. The van der Waals surface area contributed by atoms with Crippen LogP contribution in [0.3, 0.4) is 0 Å². The van der Waals surface area contributed by atoms with Crippen molar-refractivity contribution in [3.63, 3.8) is 0 Å². The maximum Gasteiger partial charge on any atom is 0.257 e. The quantitative estimate of drug-likeness (QED) is 0.813. The largest absolute Gasteiger partial charge is 0.484 e. The van der Waals surface area contributed by atoms with Crippen LogP contribution in [0.2, 0.25) is 0 Å². The molecule has 0 aliphatic rings. The van der Waals surface area contributed by atoms with Gasteiger partial charge in [-0.3, -0.25) is 4.79 Å². The number of ether oxygens (including phenoxy) is 1. The summed E-state index contributed by atoms with van der Waals surface area (Å²) in [4.78, 5) is 11.6. The van der Waals surface area contributed by atoms with Crippen LogP contribution in [0.4, 0.5) is 0 Å². The molecule has 5 heteroatoms. The van der Waals surface area contributed by atoms with E-state index in [9.17, 15) is 4.79 Å². The average molecular weight is 315 g/mol. The smallest absolute Gasteiger partial charge is 0.257 e. The van der Waals surface area contributed by atoms with Crippen LogP contribution in [-0.2, 0) is 4.79 Å². The Labute approximate surface area is 134 Å². The molecule has 1 amide bonds. The fourth-order valence-electron chi connectivity index (χ4n) is 1.95. The Morgan fingerprint density at radius 2 is 1.95 bits per heavy atom. The molecule has 0 aliphatic carbocycles. The van der Waals surface area contributed by atoms with Gasteiger partial charge in [0.2, 0.25) is 0 Å². The van der Waals surface area contributed by atoms with Gasteiger partial charge in [-0.2, -0.15) is 0 Å². The minimum absolute atomic E-state index is 0. The van der Waals surface area contributed by atoms with Gasteiger partial charge < -0.3 is 15.4 Å². The second-order valence-electron chi connectivity index (χ2n) is 5.46. The SMILES string of the molecule is CNC(C)CNC(=O)COc1ccc(C(C)C)c(C)c1.Cl. The van der Waals surface area contributed by atoms with Crippen LogP contribution in [-0.4, -0.2) is 32.1 Å². The molecule has 21 heavy (non-hydrogen) atoms. The third-order valence-electron chi connectivity index (χ3n) is 3.33. The highest BCUT2D eigenvalue weighted by molar-refractivity contribution is 5.85. The van der Waals surface area contributed by atoms with Crippen molar-refractivity contribution in [1.29, 1.82) is 0 Å². The second kappa shape index (κ2) is 9.64. The number of likely N-dealkylation sites (N-methyl/N-ethyl adjacent to an activating group) is 1. The molecule has 0 saturated heterocycles. The van der Waals surface area contributed by atoms with E-state index in [1.807, 2.05) is 26.1 Å². The molecule has 0 aliphatic heterocycles. The molecule has 0 heterocycles. The molecule has 120 valence electrons. The van der Waals surface area contributed by atoms with E-state index in [4.69, 9.17) is 4.74 Å². The van der Waals surface area contributed by atoms with E-state index in [0.29, 0.717) is 12.5 Å². The van der Waals surface area contributed by atoms with E-state index < -0.39 is 0 Å². The minimum atomic E-state index is -0.0994. The van der Waals surface area contributed by atoms with Gasteiger partial charge in [0.15, 0.2) is 6.61 Å². The van der Waals surface area contributed by atoms with Crippen LogP contribution in [0.5, 0.6) is 5.75 Å². The zero-order valence-electron chi connectivity index (χ0n) is 13.5. The van der Waals surface area contributed by atoms with Gasteiger partial charge in [0.1, 0.15) is 5.75 Å². The van der Waals surface area contributed by atoms with Gasteiger partial charge in [-0.25, -0.2) is 0 Å². The number of hydrogen-bond acceptors (Lipinski definition) is 3. The lowest BCUT2D eigenvalue weighted by Crippen LogP contribution is -2.39. The highest BCUT2D eigenvalue weighted by atomic mass is 35.5. The number of halogens is 1. The van der Waals surface area contributed by atoms with E-state index in [1.165, 1.54) is 11.1 Å². The molecule has 0 bridgehead atoms. The van der Waals surface area contributed by atoms with E-state index in [0.717, 1.165) is 5.75 Å². The first kappa shape index (κ1) is 19.7. The Kier molecular flexibility index (Phi) is 9.06. The van der Waals surface area contributed by atoms with Gasteiger partial charge in [-0.1, -0.05) is 19.9 Å². The van der Waals surface area contributed by atoms with Crippen LogP contribution in [0, 0.1) is 6.92 Å². The average Bonchev–Trinajstić information content (AvgIpc) is 2.42. The summed E-state index contributed by atoms with van der Waals surface area (Å²) in [7, 11) is 1.87. The Morgan fingerprint density at radius 1 is 1.29 bits per heavy atom. The number of rotatable bonds is 7. The van der Waals surface area contributed by atoms with Crippen molar-refractivity contribution >= 4 is 18.3 Å². The second-order valence-corrected chi connectivity index (χ2v) is 5.46. The van der Waals surface area contributed by atoms with Crippen molar-refractivity contribution < 1.29 is 9.53 Å². The summed E-state index contributed by atoms with van der Waals surface area (Å²) in [6.45, 7) is 9.06. The fourth-order valence-corrected chi connectivity index (χ4v) is 1.95. The van der Waals surface area contributed by atoms with E-state index >= 15 is 0 Å². The number of nitrogens with one attached hydrogen (secondary N) is 2. The molecule has 0 fully saturated rings. The van der Waals surface area contributed by atoms with E-state index in [2.05, 4.69) is 37.5 Å². The molecule has 0 aromatic heterocycles. The molecule has 1 rings (SSSR count). The number of amides is 1. The zero-order chi connectivity index (χ0) is 15.1. The molecule has 1 atom stereocenters. The molecular formula is C16H27ClN2O2. The van der Waals surface area contributed by atoms with Crippen molar-refractivity contribution in [2.24, 2.45) is 0 Å². The number of carbonyl (C=O) groups is 1. The van der Waals surface area contributed by atoms with Crippen LogP contribution in [0.1, 0.15) is 37.8 Å². The Hall–Kier alpha value is -1.26. The summed E-state index contributed by atoms with van der Waals surface area (Å²) in [6.07, 6.45) is 0. The predicted octanol–water partition coefficient (Wildman–Crippen LogP) is 2.64. The molecule has 1 aromatic carbocycles. The Balaban J connectivity index is 0.00000400. The fraction of sp³-hybridized carbons (Fsp3) is 0.562. The lowest BCUT2D eigenvalue weighted by Gasteiger charge is -2.13. The van der Waals surface area contributed by atoms with E-state index in [-0.39, 0.29) is 31.0 Å². The van der Waals surface area contributed by atoms with Crippen molar-refractivity contribution in [2.75, 3.05) is 20.2 Å². The first-order chi connectivity index (χ1) is 9.43. The van der Waals surface area contributed by atoms with Crippen LogP contribution < -0.4 is 15.4 Å². The Bertz CT molecular complexity index is 450. The standard InChI is InChI=1S/C16H26N2O2.ClH/c1-11(2)15-7-6-14(8-12(15)3)20-10-16(19)18-9-13(4)17-5;/h6-8,11,13,17H,9-10H2,1-5H3,(H,18,19);1H. The van der Waals surface area contributed by atoms with Gasteiger partial charge in [0.05, 0.1) is 0 Å². The number of hydrogen-bond donors (Lipinski definition) is 2. The molecule has 1 unspecified atom stereocenters. The first-order valence-electron chi connectivity index (χ1n) is 7.11.